The van der Waals surface area contributed by atoms with E-state index in [0.29, 0.717) is 0 Å². The van der Waals surface area contributed by atoms with Crippen LogP contribution in [0.4, 0.5) is 0 Å². The summed E-state index contributed by atoms with van der Waals surface area (Å²) in [6, 6.07) is 0. The summed E-state index contributed by atoms with van der Waals surface area (Å²) in [4.78, 5) is 12.4. The predicted molar refractivity (Wildman–Crippen MR) is 48.7 cm³/mol. The Kier molecular flexibility index (Phi) is 3.25. The first-order valence-electron chi connectivity index (χ1n) is 2.93. The van der Waals surface area contributed by atoms with Gasteiger partial charge in [0.1, 0.15) is 6.10 Å². The second kappa shape index (κ2) is 3.77. The Morgan fingerprint density at radius 1 is 1.80 bits per heavy atom. The fourth-order valence-electron chi connectivity index (χ4n) is 0.808. The molecule has 1 fully saturated rings. The number of halogens is 1. The molecule has 1 aliphatic rings. The Balaban J connectivity index is 2.12. The van der Waals surface area contributed by atoms with Crippen LogP contribution in [-0.4, -0.2) is 30.0 Å². The van der Waals surface area contributed by atoms with Gasteiger partial charge in [0.2, 0.25) is 5.91 Å². The van der Waals surface area contributed by atoms with Crippen LogP contribution < -0.4 is 0 Å². The Morgan fingerprint density at radius 3 is 2.80 bits per heavy atom. The van der Waals surface area contributed by atoms with Crippen molar-refractivity contribution in [3.05, 3.63) is 0 Å². The fraction of sp³-hybridized carbons (Fsp3) is 0.800. The molecule has 10 heavy (non-hydrogen) atoms. The SMILES string of the molecule is CC(=O)N1CC(OSI)C1. The van der Waals surface area contributed by atoms with Crippen LogP contribution in [0, 0.1) is 0 Å². The van der Waals surface area contributed by atoms with Crippen LogP contribution in [0.3, 0.4) is 0 Å². The van der Waals surface area contributed by atoms with Crippen LogP contribution in [0.25, 0.3) is 0 Å². The first-order chi connectivity index (χ1) is 4.74. The molecule has 0 atom stereocenters. The molecule has 0 unspecified atom stereocenters. The van der Waals surface area contributed by atoms with Crippen LogP contribution in [0.15, 0.2) is 0 Å². The Bertz CT molecular complexity index is 138. The van der Waals surface area contributed by atoms with Crippen molar-refractivity contribution in [3.63, 3.8) is 0 Å². The van der Waals surface area contributed by atoms with E-state index in [1.807, 2.05) is 0 Å². The maximum absolute atomic E-state index is 10.6. The number of nitrogens with zero attached hydrogens (tertiary/aromatic N) is 1. The van der Waals surface area contributed by atoms with Crippen molar-refractivity contribution in [1.82, 2.24) is 4.90 Å². The summed E-state index contributed by atoms with van der Waals surface area (Å²) in [5.41, 5.74) is 0. The lowest BCUT2D eigenvalue weighted by molar-refractivity contribution is -0.136. The highest BCUT2D eigenvalue weighted by Crippen LogP contribution is 2.21. The molecule has 0 bridgehead atoms. The highest BCUT2D eigenvalue weighted by molar-refractivity contribution is 14.2. The summed E-state index contributed by atoms with van der Waals surface area (Å²) in [5.74, 6) is 0.137. The summed E-state index contributed by atoms with van der Waals surface area (Å²) in [6.45, 7) is 3.09. The van der Waals surface area contributed by atoms with Gasteiger partial charge < -0.3 is 4.90 Å². The average Bonchev–Trinajstić information content (AvgIpc) is 1.76. The molecule has 1 saturated heterocycles. The van der Waals surface area contributed by atoms with Crippen LogP contribution in [-0.2, 0) is 8.98 Å². The minimum absolute atomic E-state index is 0.137. The van der Waals surface area contributed by atoms with Crippen LogP contribution >= 0.6 is 30.4 Å². The van der Waals surface area contributed by atoms with Gasteiger partial charge >= 0.3 is 0 Å². The Labute approximate surface area is 76.3 Å². The number of hydrogen-bond acceptors (Lipinski definition) is 3. The molecule has 1 heterocycles. The zero-order valence-electron chi connectivity index (χ0n) is 5.54. The average molecular weight is 273 g/mol. The molecule has 0 aromatic rings. The summed E-state index contributed by atoms with van der Waals surface area (Å²) in [7, 11) is 1.33. The normalized spacial score (nSPS) is 18.8. The molecule has 1 aliphatic heterocycles. The molecule has 0 aromatic heterocycles. The maximum atomic E-state index is 10.6. The molecule has 1 rings (SSSR count). The second-order valence-electron chi connectivity index (χ2n) is 2.21. The first-order valence-corrected chi connectivity index (χ1v) is 6.22. The molecular formula is C5H8INO2S. The molecular weight excluding hydrogens is 265 g/mol. The van der Waals surface area contributed by atoms with Crippen molar-refractivity contribution in [2.24, 2.45) is 0 Å². The Morgan fingerprint density at radius 2 is 2.40 bits per heavy atom. The molecule has 0 N–H and O–H groups in total. The van der Waals surface area contributed by atoms with Crippen molar-refractivity contribution in [2.45, 2.75) is 13.0 Å². The van der Waals surface area contributed by atoms with E-state index in [0.717, 1.165) is 13.1 Å². The molecule has 0 radical (unpaired) electrons. The molecule has 0 spiro atoms. The second-order valence-corrected chi connectivity index (χ2v) is 3.60. The Hall–Kier alpha value is 0.510. The van der Waals surface area contributed by atoms with E-state index in [-0.39, 0.29) is 12.0 Å². The minimum atomic E-state index is 0.137. The van der Waals surface area contributed by atoms with Gasteiger partial charge in [-0.05, 0) is 0 Å². The standard InChI is InChI=1S/C5H8INO2S/c1-4(8)7-2-5(3-7)9-10-6/h5H,2-3H2,1H3. The van der Waals surface area contributed by atoms with E-state index in [2.05, 4.69) is 21.2 Å². The topological polar surface area (TPSA) is 29.5 Å². The molecule has 3 nitrogen and oxygen atoms in total. The molecule has 1 amide bonds. The van der Waals surface area contributed by atoms with E-state index < -0.39 is 0 Å². The highest BCUT2D eigenvalue weighted by Gasteiger charge is 2.29. The highest BCUT2D eigenvalue weighted by atomic mass is 127. The lowest BCUT2D eigenvalue weighted by Gasteiger charge is -2.36. The van der Waals surface area contributed by atoms with Gasteiger partial charge in [0, 0.05) is 41.2 Å². The zero-order valence-corrected chi connectivity index (χ0v) is 8.52. The molecule has 0 aliphatic carbocycles. The third-order valence-electron chi connectivity index (χ3n) is 1.47. The van der Waals surface area contributed by atoms with E-state index in [9.17, 15) is 4.79 Å². The van der Waals surface area contributed by atoms with E-state index >= 15 is 0 Å². The van der Waals surface area contributed by atoms with Gasteiger partial charge in [-0.1, -0.05) is 0 Å². The lowest BCUT2D eigenvalue weighted by atomic mass is 10.2. The van der Waals surface area contributed by atoms with Gasteiger partial charge in [-0.2, -0.15) is 0 Å². The smallest absolute Gasteiger partial charge is 0.219 e. The van der Waals surface area contributed by atoms with Crippen LogP contribution in [0.2, 0.25) is 0 Å². The summed E-state index contributed by atoms with van der Waals surface area (Å²) >= 11 is 2.08. The lowest BCUT2D eigenvalue weighted by Crippen LogP contribution is -2.53. The molecule has 0 aromatic carbocycles. The van der Waals surface area contributed by atoms with Crippen molar-refractivity contribution in [1.29, 1.82) is 0 Å². The number of likely N-dealkylation sites (tertiary alicyclic amines) is 1. The van der Waals surface area contributed by atoms with Gasteiger partial charge in [-0.3, -0.25) is 8.98 Å². The molecule has 0 saturated carbocycles. The summed E-state index contributed by atoms with van der Waals surface area (Å²) in [6.07, 6.45) is 0.255. The summed E-state index contributed by atoms with van der Waals surface area (Å²) in [5, 5.41) is 0. The summed E-state index contributed by atoms with van der Waals surface area (Å²) < 4.78 is 5.17. The quantitative estimate of drug-likeness (QED) is 0.560. The zero-order chi connectivity index (χ0) is 7.56. The van der Waals surface area contributed by atoms with Gasteiger partial charge in [-0.15, -0.1) is 0 Å². The van der Waals surface area contributed by atoms with Gasteiger partial charge in [-0.25, -0.2) is 0 Å². The van der Waals surface area contributed by atoms with E-state index in [1.54, 1.807) is 11.8 Å². The van der Waals surface area contributed by atoms with Gasteiger partial charge in [0.15, 0.2) is 0 Å². The van der Waals surface area contributed by atoms with E-state index in [1.165, 1.54) is 9.21 Å². The largest absolute Gasteiger partial charge is 0.337 e. The maximum Gasteiger partial charge on any atom is 0.219 e. The van der Waals surface area contributed by atoms with Crippen LogP contribution in [0.1, 0.15) is 6.92 Å². The molecule has 5 heteroatoms. The third kappa shape index (κ3) is 2.00. The van der Waals surface area contributed by atoms with Gasteiger partial charge in [0.05, 0.1) is 9.21 Å². The number of amides is 1. The van der Waals surface area contributed by atoms with Crippen molar-refractivity contribution in [3.8, 4) is 0 Å². The first kappa shape index (κ1) is 8.61. The van der Waals surface area contributed by atoms with Crippen molar-refractivity contribution < 1.29 is 8.98 Å². The number of hydrogen-bond donors (Lipinski definition) is 0. The van der Waals surface area contributed by atoms with Crippen molar-refractivity contribution in [2.75, 3.05) is 13.1 Å². The van der Waals surface area contributed by atoms with E-state index in [4.69, 9.17) is 4.18 Å². The van der Waals surface area contributed by atoms with Crippen LogP contribution in [0.5, 0.6) is 0 Å². The number of carbonyl (C=O) groups excluding carboxylic acids is 1. The number of rotatable bonds is 2. The number of carbonyl (C=O) groups is 1. The molecule has 58 valence electrons. The minimum Gasteiger partial charge on any atom is -0.337 e. The third-order valence-corrected chi connectivity index (χ3v) is 2.43. The predicted octanol–water partition coefficient (Wildman–Crippen LogP) is 1.23. The fourth-order valence-corrected chi connectivity index (χ4v) is 1.91. The van der Waals surface area contributed by atoms with Gasteiger partial charge in [0.25, 0.3) is 0 Å². The monoisotopic (exact) mass is 273 g/mol. The van der Waals surface area contributed by atoms with Crippen molar-refractivity contribution >= 4 is 36.3 Å².